The van der Waals surface area contributed by atoms with Gasteiger partial charge in [-0.15, -0.1) is 0 Å². The van der Waals surface area contributed by atoms with Crippen LogP contribution in [0.2, 0.25) is 0 Å². The van der Waals surface area contributed by atoms with E-state index in [0.717, 1.165) is 6.42 Å². The van der Waals surface area contributed by atoms with Gasteiger partial charge in [-0.2, -0.15) is 0 Å². The van der Waals surface area contributed by atoms with Crippen LogP contribution in [-0.2, 0) is 0 Å². The van der Waals surface area contributed by atoms with Crippen molar-refractivity contribution in [2.75, 3.05) is 33.8 Å². The van der Waals surface area contributed by atoms with Crippen LogP contribution in [0.15, 0.2) is 0 Å². The Labute approximate surface area is 93.3 Å². The van der Waals surface area contributed by atoms with Gasteiger partial charge in [-0.25, -0.2) is 0 Å². The van der Waals surface area contributed by atoms with Gasteiger partial charge in [0.2, 0.25) is 0 Å². The van der Waals surface area contributed by atoms with E-state index in [-0.39, 0.29) is 18.8 Å². The average molecular weight is 218 g/mol. The van der Waals surface area contributed by atoms with Gasteiger partial charge in [0, 0.05) is 25.7 Å². The van der Waals surface area contributed by atoms with E-state index in [1.807, 2.05) is 19.0 Å². The van der Waals surface area contributed by atoms with Crippen LogP contribution >= 0.6 is 0 Å². The van der Waals surface area contributed by atoms with Crippen molar-refractivity contribution in [1.29, 1.82) is 0 Å². The molecular weight excluding hydrogens is 192 g/mol. The highest BCUT2D eigenvalue weighted by atomic mass is 16.3. The first-order valence-electron chi connectivity index (χ1n) is 5.64. The third-order valence-electron chi connectivity index (χ3n) is 2.44. The maximum atomic E-state index is 9.65. The molecule has 92 valence electrons. The molecule has 2 unspecified atom stereocenters. The van der Waals surface area contributed by atoms with Gasteiger partial charge < -0.3 is 20.4 Å². The molecule has 0 fully saturated rings. The lowest BCUT2D eigenvalue weighted by Crippen LogP contribution is -2.42. The number of nitrogens with zero attached hydrogens (tertiary/aromatic N) is 1. The van der Waals surface area contributed by atoms with Gasteiger partial charge in [-0.1, -0.05) is 13.8 Å². The molecule has 4 heteroatoms. The lowest BCUT2D eigenvalue weighted by Gasteiger charge is -2.24. The highest BCUT2D eigenvalue weighted by Gasteiger charge is 2.14. The molecule has 0 saturated heterocycles. The Hall–Kier alpha value is -0.160. The van der Waals surface area contributed by atoms with Crippen molar-refractivity contribution in [3.8, 4) is 0 Å². The Balaban J connectivity index is 3.77. The number of rotatable bonds is 8. The molecule has 0 aromatic heterocycles. The molecule has 0 aromatic carbocycles. The molecule has 0 heterocycles. The quantitative estimate of drug-likeness (QED) is 0.533. The number of aliphatic hydroxyl groups excluding tert-OH is 2. The summed E-state index contributed by atoms with van der Waals surface area (Å²) >= 11 is 0. The van der Waals surface area contributed by atoms with E-state index in [2.05, 4.69) is 19.2 Å². The van der Waals surface area contributed by atoms with Crippen LogP contribution < -0.4 is 5.32 Å². The molecule has 0 radical (unpaired) electrons. The zero-order valence-corrected chi connectivity index (χ0v) is 10.4. The molecular formula is C11H26N2O2. The lowest BCUT2D eigenvalue weighted by molar-refractivity contribution is 0.125. The van der Waals surface area contributed by atoms with Crippen LogP contribution in [0, 0.1) is 5.92 Å². The van der Waals surface area contributed by atoms with Crippen LogP contribution in [-0.4, -0.2) is 61.1 Å². The van der Waals surface area contributed by atoms with Crippen molar-refractivity contribution in [1.82, 2.24) is 10.2 Å². The van der Waals surface area contributed by atoms with E-state index in [0.29, 0.717) is 19.0 Å². The number of likely N-dealkylation sites (N-methyl/N-ethyl adjacent to an activating group) is 1. The standard InChI is InChI=1S/C11H26N2O2/c1-9(2)11(5-6-14)12-7-10(15)8-13(3)4/h9-12,14-15H,5-8H2,1-4H3. The van der Waals surface area contributed by atoms with Gasteiger partial charge >= 0.3 is 0 Å². The van der Waals surface area contributed by atoms with Crippen LogP contribution in [0.5, 0.6) is 0 Å². The fourth-order valence-corrected chi connectivity index (χ4v) is 1.58. The van der Waals surface area contributed by atoms with Gasteiger partial charge in [0.25, 0.3) is 0 Å². The largest absolute Gasteiger partial charge is 0.396 e. The highest BCUT2D eigenvalue weighted by molar-refractivity contribution is 4.73. The molecule has 0 aliphatic carbocycles. The van der Waals surface area contributed by atoms with E-state index in [1.165, 1.54) is 0 Å². The topological polar surface area (TPSA) is 55.7 Å². The zero-order chi connectivity index (χ0) is 11.8. The number of hydrogen-bond donors (Lipinski definition) is 3. The minimum absolute atomic E-state index is 0.194. The van der Waals surface area contributed by atoms with Crippen molar-refractivity contribution in [2.45, 2.75) is 32.4 Å². The SMILES string of the molecule is CC(C)C(CCO)NCC(O)CN(C)C. The van der Waals surface area contributed by atoms with E-state index >= 15 is 0 Å². The fourth-order valence-electron chi connectivity index (χ4n) is 1.58. The van der Waals surface area contributed by atoms with Gasteiger partial charge in [0.15, 0.2) is 0 Å². The highest BCUT2D eigenvalue weighted by Crippen LogP contribution is 2.05. The van der Waals surface area contributed by atoms with Crippen molar-refractivity contribution in [3.05, 3.63) is 0 Å². The fraction of sp³-hybridized carbons (Fsp3) is 1.00. The summed E-state index contributed by atoms with van der Waals surface area (Å²) in [6.07, 6.45) is 0.395. The number of nitrogens with one attached hydrogen (secondary N) is 1. The molecule has 3 N–H and O–H groups in total. The summed E-state index contributed by atoms with van der Waals surface area (Å²) in [5, 5.41) is 21.8. The summed E-state index contributed by atoms with van der Waals surface area (Å²) in [6, 6.07) is 0.284. The van der Waals surface area contributed by atoms with E-state index in [1.54, 1.807) is 0 Å². The van der Waals surface area contributed by atoms with Crippen molar-refractivity contribution < 1.29 is 10.2 Å². The van der Waals surface area contributed by atoms with E-state index < -0.39 is 0 Å². The van der Waals surface area contributed by atoms with Crippen LogP contribution in [0.25, 0.3) is 0 Å². The molecule has 15 heavy (non-hydrogen) atoms. The Kier molecular flexibility index (Phi) is 7.96. The lowest BCUT2D eigenvalue weighted by atomic mass is 10.0. The Morgan fingerprint density at radius 3 is 2.27 bits per heavy atom. The maximum Gasteiger partial charge on any atom is 0.0791 e. The van der Waals surface area contributed by atoms with Crippen LogP contribution in [0.4, 0.5) is 0 Å². The summed E-state index contributed by atoms with van der Waals surface area (Å²) < 4.78 is 0. The predicted octanol–water partition coefficient (Wildman–Crippen LogP) is -0.0945. The molecule has 0 spiro atoms. The van der Waals surface area contributed by atoms with Crippen LogP contribution in [0.1, 0.15) is 20.3 Å². The smallest absolute Gasteiger partial charge is 0.0791 e. The second-order valence-electron chi connectivity index (χ2n) is 4.69. The maximum absolute atomic E-state index is 9.65. The molecule has 0 saturated carbocycles. The zero-order valence-electron chi connectivity index (χ0n) is 10.4. The molecule has 0 aliphatic rings. The first-order chi connectivity index (χ1) is 6.97. The molecule has 0 rings (SSSR count). The third-order valence-corrected chi connectivity index (χ3v) is 2.44. The molecule has 0 bridgehead atoms. The second kappa shape index (κ2) is 8.05. The molecule has 4 nitrogen and oxygen atoms in total. The molecule has 0 aromatic rings. The Morgan fingerprint density at radius 1 is 1.27 bits per heavy atom. The van der Waals surface area contributed by atoms with Gasteiger partial charge in [-0.05, 0) is 26.4 Å². The minimum atomic E-state index is -0.347. The molecule has 0 aliphatic heterocycles. The Morgan fingerprint density at radius 2 is 1.87 bits per heavy atom. The Bertz CT molecular complexity index is 152. The van der Waals surface area contributed by atoms with E-state index in [4.69, 9.17) is 5.11 Å². The van der Waals surface area contributed by atoms with Gasteiger partial charge in [0.1, 0.15) is 0 Å². The van der Waals surface area contributed by atoms with Crippen molar-refractivity contribution in [2.24, 2.45) is 5.92 Å². The van der Waals surface area contributed by atoms with E-state index in [9.17, 15) is 5.11 Å². The summed E-state index contributed by atoms with van der Waals surface area (Å²) in [6.45, 7) is 5.68. The van der Waals surface area contributed by atoms with Crippen LogP contribution in [0.3, 0.4) is 0 Å². The number of hydrogen-bond acceptors (Lipinski definition) is 4. The second-order valence-corrected chi connectivity index (χ2v) is 4.69. The first-order valence-corrected chi connectivity index (χ1v) is 5.64. The summed E-state index contributed by atoms with van der Waals surface area (Å²) in [5.74, 6) is 0.476. The summed E-state index contributed by atoms with van der Waals surface area (Å²) in [7, 11) is 3.88. The summed E-state index contributed by atoms with van der Waals surface area (Å²) in [5.41, 5.74) is 0. The predicted molar refractivity (Wildman–Crippen MR) is 62.9 cm³/mol. The first kappa shape index (κ1) is 14.8. The monoisotopic (exact) mass is 218 g/mol. The normalized spacial score (nSPS) is 16.0. The van der Waals surface area contributed by atoms with Crippen molar-refractivity contribution >= 4 is 0 Å². The molecule has 2 atom stereocenters. The van der Waals surface area contributed by atoms with Crippen molar-refractivity contribution in [3.63, 3.8) is 0 Å². The molecule has 0 amide bonds. The van der Waals surface area contributed by atoms with Gasteiger partial charge in [0.05, 0.1) is 6.10 Å². The van der Waals surface area contributed by atoms with Gasteiger partial charge in [-0.3, -0.25) is 0 Å². The summed E-state index contributed by atoms with van der Waals surface area (Å²) in [4.78, 5) is 1.96. The average Bonchev–Trinajstić information content (AvgIpc) is 2.10. The minimum Gasteiger partial charge on any atom is -0.396 e. The number of aliphatic hydroxyl groups is 2. The third kappa shape index (κ3) is 7.73.